The van der Waals surface area contributed by atoms with Crippen LogP contribution in [0.15, 0.2) is 48.5 Å². The van der Waals surface area contributed by atoms with Crippen LogP contribution < -0.4 is 14.8 Å². The summed E-state index contributed by atoms with van der Waals surface area (Å²) < 4.78 is 10.5. The van der Waals surface area contributed by atoms with Crippen molar-refractivity contribution in [3.05, 3.63) is 59.7 Å². The van der Waals surface area contributed by atoms with E-state index in [1.807, 2.05) is 23.1 Å². The molecule has 1 N–H and O–H groups in total. The standard InChI is InChI=1S/C22H26N2O4/c1-27-19-9-8-18(14-20(19)28-2)22(26)24-12-10-16(11-13-24)15-23-21(25)17-6-4-3-5-7-17/h3-9,14,16H,10-13,15H2,1-2H3,(H,23,25). The Bertz CT molecular complexity index is 815. The summed E-state index contributed by atoms with van der Waals surface area (Å²) >= 11 is 0. The quantitative estimate of drug-likeness (QED) is 0.834. The third kappa shape index (κ3) is 4.63. The summed E-state index contributed by atoms with van der Waals surface area (Å²) in [5.74, 6) is 1.47. The molecule has 0 bridgehead atoms. The number of ether oxygens (including phenoxy) is 2. The number of carbonyl (C=O) groups excluding carboxylic acids is 2. The Hall–Kier alpha value is -3.02. The highest BCUT2D eigenvalue weighted by Gasteiger charge is 2.24. The van der Waals surface area contributed by atoms with E-state index >= 15 is 0 Å². The molecule has 2 aromatic carbocycles. The second-order valence-electron chi connectivity index (χ2n) is 6.88. The second kappa shape index (κ2) is 9.26. The van der Waals surface area contributed by atoms with Crippen LogP contribution in [0.25, 0.3) is 0 Å². The van der Waals surface area contributed by atoms with Gasteiger partial charge in [0.25, 0.3) is 11.8 Å². The molecule has 0 unspecified atom stereocenters. The summed E-state index contributed by atoms with van der Waals surface area (Å²) in [6, 6.07) is 14.4. The number of nitrogens with zero attached hydrogens (tertiary/aromatic N) is 1. The van der Waals surface area contributed by atoms with Crippen LogP contribution in [0.5, 0.6) is 11.5 Å². The van der Waals surface area contributed by atoms with Gasteiger partial charge in [0, 0.05) is 30.8 Å². The molecule has 1 fully saturated rings. The van der Waals surface area contributed by atoms with Crippen LogP contribution in [0.1, 0.15) is 33.6 Å². The van der Waals surface area contributed by atoms with Crippen LogP contribution >= 0.6 is 0 Å². The number of carbonyl (C=O) groups is 2. The zero-order valence-corrected chi connectivity index (χ0v) is 16.3. The first kappa shape index (κ1) is 19.7. The minimum absolute atomic E-state index is 0.00674. The van der Waals surface area contributed by atoms with Gasteiger partial charge in [-0.3, -0.25) is 9.59 Å². The van der Waals surface area contributed by atoms with E-state index in [1.54, 1.807) is 44.6 Å². The minimum Gasteiger partial charge on any atom is -0.493 e. The Labute approximate surface area is 165 Å². The van der Waals surface area contributed by atoms with Gasteiger partial charge in [-0.1, -0.05) is 18.2 Å². The van der Waals surface area contributed by atoms with Crippen LogP contribution in [0, 0.1) is 5.92 Å². The average Bonchev–Trinajstić information content (AvgIpc) is 2.77. The monoisotopic (exact) mass is 382 g/mol. The largest absolute Gasteiger partial charge is 0.493 e. The molecule has 0 saturated carbocycles. The molecular formula is C22H26N2O4. The average molecular weight is 382 g/mol. The van der Waals surface area contributed by atoms with Gasteiger partial charge >= 0.3 is 0 Å². The van der Waals surface area contributed by atoms with Crippen LogP contribution in [0.4, 0.5) is 0 Å². The van der Waals surface area contributed by atoms with E-state index in [2.05, 4.69) is 5.32 Å². The molecule has 0 radical (unpaired) electrons. The molecule has 148 valence electrons. The summed E-state index contributed by atoms with van der Waals surface area (Å²) in [5, 5.41) is 3.00. The third-order valence-electron chi connectivity index (χ3n) is 5.12. The molecule has 1 aliphatic rings. The lowest BCUT2D eigenvalue weighted by atomic mass is 9.96. The SMILES string of the molecule is COc1ccc(C(=O)N2CCC(CNC(=O)c3ccccc3)CC2)cc1OC. The molecule has 6 heteroatoms. The topological polar surface area (TPSA) is 67.9 Å². The fraction of sp³-hybridized carbons (Fsp3) is 0.364. The Kier molecular flexibility index (Phi) is 6.53. The normalized spacial score (nSPS) is 14.4. The highest BCUT2D eigenvalue weighted by molar-refractivity contribution is 5.95. The van der Waals surface area contributed by atoms with E-state index in [-0.39, 0.29) is 11.8 Å². The molecule has 0 spiro atoms. The molecule has 1 saturated heterocycles. The van der Waals surface area contributed by atoms with Gasteiger partial charge in [0.1, 0.15) is 0 Å². The molecule has 1 aliphatic heterocycles. The Balaban J connectivity index is 1.51. The number of hydrogen-bond donors (Lipinski definition) is 1. The zero-order valence-electron chi connectivity index (χ0n) is 16.3. The van der Waals surface area contributed by atoms with Crippen LogP contribution in [-0.2, 0) is 0 Å². The van der Waals surface area contributed by atoms with E-state index < -0.39 is 0 Å². The van der Waals surface area contributed by atoms with Gasteiger partial charge in [0.15, 0.2) is 11.5 Å². The molecule has 6 nitrogen and oxygen atoms in total. The highest BCUT2D eigenvalue weighted by Crippen LogP contribution is 2.28. The van der Waals surface area contributed by atoms with Gasteiger partial charge in [0.2, 0.25) is 0 Å². The van der Waals surface area contributed by atoms with Crippen molar-refractivity contribution in [3.8, 4) is 11.5 Å². The summed E-state index contributed by atoms with van der Waals surface area (Å²) in [7, 11) is 3.13. The van der Waals surface area contributed by atoms with Gasteiger partial charge in [-0.25, -0.2) is 0 Å². The highest BCUT2D eigenvalue weighted by atomic mass is 16.5. The molecule has 0 aliphatic carbocycles. The van der Waals surface area contributed by atoms with Crippen molar-refractivity contribution >= 4 is 11.8 Å². The molecule has 3 rings (SSSR count). The third-order valence-corrected chi connectivity index (χ3v) is 5.12. The molecule has 28 heavy (non-hydrogen) atoms. The van der Waals surface area contributed by atoms with Gasteiger partial charge < -0.3 is 19.7 Å². The van der Waals surface area contributed by atoms with Gasteiger partial charge in [0.05, 0.1) is 14.2 Å². The van der Waals surface area contributed by atoms with Crippen molar-refractivity contribution in [1.29, 1.82) is 0 Å². The Morgan fingerprint density at radius 1 is 0.964 bits per heavy atom. The predicted octanol–water partition coefficient (Wildman–Crippen LogP) is 2.99. The summed E-state index contributed by atoms with van der Waals surface area (Å²) in [4.78, 5) is 26.8. The summed E-state index contributed by atoms with van der Waals surface area (Å²) in [5.41, 5.74) is 1.26. The number of nitrogens with one attached hydrogen (secondary N) is 1. The Morgan fingerprint density at radius 2 is 1.64 bits per heavy atom. The number of methoxy groups -OCH3 is 2. The van der Waals surface area contributed by atoms with Crippen molar-refractivity contribution in [2.45, 2.75) is 12.8 Å². The number of hydrogen-bond acceptors (Lipinski definition) is 4. The minimum atomic E-state index is -0.0515. The van der Waals surface area contributed by atoms with E-state index in [4.69, 9.17) is 9.47 Å². The molecule has 1 heterocycles. The molecule has 2 aromatic rings. The van der Waals surface area contributed by atoms with E-state index in [9.17, 15) is 9.59 Å². The van der Waals surface area contributed by atoms with Crippen molar-refractivity contribution in [2.24, 2.45) is 5.92 Å². The van der Waals surface area contributed by atoms with E-state index in [0.29, 0.717) is 48.2 Å². The molecular weight excluding hydrogens is 356 g/mol. The fourth-order valence-electron chi connectivity index (χ4n) is 3.42. The van der Waals surface area contributed by atoms with Crippen molar-refractivity contribution in [2.75, 3.05) is 33.9 Å². The van der Waals surface area contributed by atoms with Crippen molar-refractivity contribution in [1.82, 2.24) is 10.2 Å². The first-order valence-electron chi connectivity index (χ1n) is 9.47. The second-order valence-corrected chi connectivity index (χ2v) is 6.88. The number of piperidine rings is 1. The lowest BCUT2D eigenvalue weighted by molar-refractivity contribution is 0.0684. The molecule has 0 atom stereocenters. The van der Waals surface area contributed by atoms with Crippen LogP contribution in [0.3, 0.4) is 0 Å². The predicted molar refractivity (Wildman–Crippen MR) is 107 cm³/mol. The maximum absolute atomic E-state index is 12.8. The Morgan fingerprint density at radius 3 is 2.29 bits per heavy atom. The van der Waals surface area contributed by atoms with Crippen LogP contribution in [0.2, 0.25) is 0 Å². The first-order valence-corrected chi connectivity index (χ1v) is 9.47. The van der Waals surface area contributed by atoms with E-state index in [1.165, 1.54) is 0 Å². The lowest BCUT2D eigenvalue weighted by Gasteiger charge is -2.32. The van der Waals surface area contributed by atoms with Gasteiger partial charge in [-0.05, 0) is 49.1 Å². The van der Waals surface area contributed by atoms with Gasteiger partial charge in [-0.2, -0.15) is 0 Å². The number of benzene rings is 2. The van der Waals surface area contributed by atoms with Crippen molar-refractivity contribution in [3.63, 3.8) is 0 Å². The maximum atomic E-state index is 12.8. The summed E-state index contributed by atoms with van der Waals surface area (Å²) in [6.45, 7) is 1.99. The van der Waals surface area contributed by atoms with Gasteiger partial charge in [-0.15, -0.1) is 0 Å². The number of likely N-dealkylation sites (tertiary alicyclic amines) is 1. The van der Waals surface area contributed by atoms with E-state index in [0.717, 1.165) is 12.8 Å². The molecule has 0 aromatic heterocycles. The number of amides is 2. The molecule has 2 amide bonds. The fourth-order valence-corrected chi connectivity index (χ4v) is 3.42. The smallest absolute Gasteiger partial charge is 0.253 e. The summed E-state index contributed by atoms with van der Waals surface area (Å²) in [6.07, 6.45) is 1.74. The number of rotatable bonds is 6. The van der Waals surface area contributed by atoms with Crippen molar-refractivity contribution < 1.29 is 19.1 Å². The van der Waals surface area contributed by atoms with Crippen LogP contribution in [-0.4, -0.2) is 50.6 Å². The lowest BCUT2D eigenvalue weighted by Crippen LogP contribution is -2.41. The zero-order chi connectivity index (χ0) is 19.9. The maximum Gasteiger partial charge on any atom is 0.253 e. The first-order chi connectivity index (χ1) is 13.6.